The summed E-state index contributed by atoms with van der Waals surface area (Å²) in [5.74, 6) is 0.897. The number of hydrogen-bond acceptors (Lipinski definition) is 10. The lowest BCUT2D eigenvalue weighted by molar-refractivity contribution is -0.117. The van der Waals surface area contributed by atoms with Gasteiger partial charge < -0.3 is 34.3 Å². The molecule has 0 bridgehead atoms. The van der Waals surface area contributed by atoms with Crippen LogP contribution in [0, 0.1) is 29.4 Å². The number of nitrogens with one attached hydrogen (secondary N) is 1. The van der Waals surface area contributed by atoms with E-state index < -0.39 is 17.7 Å². The molecule has 11 nitrogen and oxygen atoms in total. The molecule has 1 saturated carbocycles. The first kappa shape index (κ1) is 33.1. The minimum absolute atomic E-state index is 0.0528. The third kappa shape index (κ3) is 6.07. The van der Waals surface area contributed by atoms with E-state index >= 15 is 4.39 Å². The summed E-state index contributed by atoms with van der Waals surface area (Å²) in [4.78, 5) is 25.9. The van der Waals surface area contributed by atoms with E-state index in [9.17, 15) is 14.3 Å². The normalized spacial score (nSPS) is 21.5. The van der Waals surface area contributed by atoms with Gasteiger partial charge in [-0.1, -0.05) is 18.6 Å². The average molecular weight is 698 g/mol. The van der Waals surface area contributed by atoms with Crippen molar-refractivity contribution in [1.82, 2.24) is 20.2 Å². The molecule has 3 fully saturated rings. The number of phenolic OH excluding ortho intramolecular Hbond substituents is 1. The molecule has 8 rings (SSSR count). The molecular weight excluding hydrogens is 660 g/mol. The lowest BCUT2D eigenvalue weighted by atomic mass is 9.95. The molecule has 4 aromatic rings. The topological polar surface area (TPSA) is 119 Å². The van der Waals surface area contributed by atoms with Gasteiger partial charge >= 0.3 is 0 Å². The molecule has 1 amide bonds. The first-order chi connectivity index (χ1) is 24.8. The molecule has 2 aromatic heterocycles. The van der Waals surface area contributed by atoms with E-state index in [4.69, 9.17) is 30.4 Å². The lowest BCUT2D eigenvalue weighted by Crippen LogP contribution is -2.47. The molecule has 2 saturated heterocycles. The van der Waals surface area contributed by atoms with Gasteiger partial charge in [-0.05, 0) is 42.5 Å². The highest BCUT2D eigenvalue weighted by molar-refractivity contribution is 6.04. The van der Waals surface area contributed by atoms with E-state index in [1.165, 1.54) is 36.5 Å². The van der Waals surface area contributed by atoms with Crippen molar-refractivity contribution in [3.63, 3.8) is 0 Å². The van der Waals surface area contributed by atoms with Gasteiger partial charge in [0.1, 0.15) is 35.5 Å². The second kappa shape index (κ2) is 13.3. The highest BCUT2D eigenvalue weighted by Crippen LogP contribution is 2.54. The van der Waals surface area contributed by atoms with Crippen molar-refractivity contribution in [2.45, 2.75) is 25.0 Å². The molecule has 2 N–H and O–H groups in total. The summed E-state index contributed by atoms with van der Waals surface area (Å²) >= 11 is 0. The van der Waals surface area contributed by atoms with Gasteiger partial charge in [-0.15, -0.1) is 6.42 Å². The van der Waals surface area contributed by atoms with Crippen LogP contribution in [0.4, 0.5) is 14.5 Å². The smallest absolute Gasteiger partial charge is 0.260 e. The Morgan fingerprint density at radius 3 is 2.73 bits per heavy atom. The van der Waals surface area contributed by atoms with Crippen LogP contribution in [0.5, 0.6) is 17.4 Å². The number of carbonyl (C=O) groups is 1. The van der Waals surface area contributed by atoms with Crippen LogP contribution in [0.2, 0.25) is 0 Å². The molecular formula is C38H37F2N5O6. The third-order valence-electron chi connectivity index (χ3n) is 10.3. The monoisotopic (exact) mass is 697 g/mol. The SMILES string of the molecule is C#Cc1c(F)ccc2cc(O)cc(-c3ncc4c(N5CCOC[C@@H](NC(=O)C=C)C5)c5c(nc4c3F)O[C@H](C3(CN4CCOCC4)CC3)CO5)c12. The molecule has 13 heteroatoms. The number of hydrogen-bond donors (Lipinski definition) is 2. The lowest BCUT2D eigenvalue weighted by Gasteiger charge is -2.38. The third-order valence-corrected chi connectivity index (χ3v) is 10.3. The van der Waals surface area contributed by atoms with E-state index in [0.717, 1.165) is 32.5 Å². The number of carbonyl (C=O) groups excluding carboxylic acids is 1. The second-order valence-electron chi connectivity index (χ2n) is 13.5. The maximum absolute atomic E-state index is 17.1. The van der Waals surface area contributed by atoms with Gasteiger partial charge in [0, 0.05) is 60.7 Å². The fraction of sp³-hybridized carbons (Fsp3) is 0.395. The summed E-state index contributed by atoms with van der Waals surface area (Å²) in [6, 6.07) is 5.02. The van der Waals surface area contributed by atoms with Gasteiger partial charge in [0.15, 0.2) is 5.82 Å². The van der Waals surface area contributed by atoms with Crippen LogP contribution in [0.15, 0.2) is 43.1 Å². The van der Waals surface area contributed by atoms with Gasteiger partial charge in [0.05, 0.1) is 43.7 Å². The highest BCUT2D eigenvalue weighted by Gasteiger charge is 2.54. The fourth-order valence-electron chi connectivity index (χ4n) is 7.54. The molecule has 2 atom stereocenters. The van der Waals surface area contributed by atoms with Crippen molar-refractivity contribution in [3.05, 3.63) is 60.3 Å². The number of terminal acetylenes is 1. The van der Waals surface area contributed by atoms with E-state index in [1.807, 2.05) is 4.90 Å². The van der Waals surface area contributed by atoms with Crippen LogP contribution in [0.1, 0.15) is 18.4 Å². The summed E-state index contributed by atoms with van der Waals surface area (Å²) in [5.41, 5.74) is 0.186. The van der Waals surface area contributed by atoms with Crippen LogP contribution in [-0.2, 0) is 14.3 Å². The minimum atomic E-state index is -0.807. The predicted molar refractivity (Wildman–Crippen MR) is 186 cm³/mol. The van der Waals surface area contributed by atoms with Crippen molar-refractivity contribution in [2.24, 2.45) is 5.41 Å². The first-order valence-electron chi connectivity index (χ1n) is 17.1. The Balaban J connectivity index is 1.27. The van der Waals surface area contributed by atoms with E-state index in [0.29, 0.717) is 55.1 Å². The number of fused-ring (bicyclic) bond motifs is 3. The molecule has 3 aliphatic heterocycles. The van der Waals surface area contributed by atoms with Crippen LogP contribution < -0.4 is 19.7 Å². The number of rotatable bonds is 7. The van der Waals surface area contributed by atoms with Gasteiger partial charge in [-0.25, -0.2) is 13.8 Å². The van der Waals surface area contributed by atoms with Gasteiger partial charge in [0.2, 0.25) is 11.7 Å². The Bertz CT molecular complexity index is 2090. The molecule has 5 heterocycles. The number of phenols is 1. The van der Waals surface area contributed by atoms with Crippen molar-refractivity contribution in [2.75, 3.05) is 70.7 Å². The molecule has 264 valence electrons. The van der Waals surface area contributed by atoms with Gasteiger partial charge in [-0.2, -0.15) is 0 Å². The highest BCUT2D eigenvalue weighted by atomic mass is 19.1. The van der Waals surface area contributed by atoms with Crippen LogP contribution >= 0.6 is 0 Å². The second-order valence-corrected chi connectivity index (χ2v) is 13.5. The molecule has 51 heavy (non-hydrogen) atoms. The van der Waals surface area contributed by atoms with Crippen molar-refractivity contribution < 1.29 is 37.6 Å². The number of anilines is 1. The number of amides is 1. The van der Waals surface area contributed by atoms with Crippen molar-refractivity contribution in [3.8, 4) is 41.0 Å². The quantitative estimate of drug-likeness (QED) is 0.215. The standard InChI is InChI=1S/C38H37F2N5O6/c1-3-25-28(39)6-5-22-15-24(46)16-26(31(22)25)33-32(40)34-27(17-41-33)35(45-11-14-49-19-23(18-45)42-30(47)4-2)36-37(43-34)51-29(20-50-36)38(7-8-38)21-44-9-12-48-13-10-44/h1,4-6,15-17,23,29,46H,2,7-14,18-21H2,(H,42,47)/t23-,29-/m0/s1. The summed E-state index contributed by atoms with van der Waals surface area (Å²) in [7, 11) is 0. The summed E-state index contributed by atoms with van der Waals surface area (Å²) in [6.45, 7) is 9.02. The Morgan fingerprint density at radius 2 is 1.96 bits per heavy atom. The van der Waals surface area contributed by atoms with Crippen molar-refractivity contribution in [1.29, 1.82) is 0 Å². The Morgan fingerprint density at radius 1 is 1.16 bits per heavy atom. The Kier molecular flexibility index (Phi) is 8.62. The number of aromatic hydroxyl groups is 1. The van der Waals surface area contributed by atoms with Crippen LogP contribution in [0.25, 0.3) is 32.9 Å². The average Bonchev–Trinajstić information content (AvgIpc) is 3.95. The zero-order chi connectivity index (χ0) is 35.3. The largest absolute Gasteiger partial charge is 0.508 e. The molecule has 4 aliphatic rings. The van der Waals surface area contributed by atoms with Crippen LogP contribution in [0.3, 0.4) is 0 Å². The maximum atomic E-state index is 17.1. The number of nitrogens with zero attached hydrogens (tertiary/aromatic N) is 4. The fourth-order valence-corrected chi connectivity index (χ4v) is 7.54. The molecule has 0 radical (unpaired) electrons. The molecule has 2 aromatic carbocycles. The van der Waals surface area contributed by atoms with E-state index in [2.05, 4.69) is 27.7 Å². The molecule has 1 aliphatic carbocycles. The predicted octanol–water partition coefficient (Wildman–Crippen LogP) is 4.17. The first-order valence-corrected chi connectivity index (χ1v) is 17.1. The van der Waals surface area contributed by atoms with E-state index in [-0.39, 0.29) is 70.0 Å². The summed E-state index contributed by atoms with van der Waals surface area (Å²) in [5, 5.41) is 14.5. The summed E-state index contributed by atoms with van der Waals surface area (Å²) in [6.07, 6.45) is 10.0. The van der Waals surface area contributed by atoms with E-state index in [1.54, 1.807) is 0 Å². The number of pyridine rings is 2. The van der Waals surface area contributed by atoms with Gasteiger partial charge in [0.25, 0.3) is 5.88 Å². The Labute approximate surface area is 293 Å². The molecule has 0 spiro atoms. The minimum Gasteiger partial charge on any atom is -0.508 e. The number of halogens is 2. The zero-order valence-electron chi connectivity index (χ0n) is 27.9. The maximum Gasteiger partial charge on any atom is 0.260 e. The van der Waals surface area contributed by atoms with Crippen LogP contribution in [-0.4, -0.2) is 104 Å². The number of aromatic nitrogens is 2. The number of morpholine rings is 1. The summed E-state index contributed by atoms with van der Waals surface area (Å²) < 4.78 is 56.7. The number of ether oxygens (including phenoxy) is 4. The zero-order valence-corrected chi connectivity index (χ0v) is 27.9. The molecule has 0 unspecified atom stereocenters. The Hall–Kier alpha value is -5.03. The van der Waals surface area contributed by atoms with Gasteiger partial charge in [-0.3, -0.25) is 14.7 Å². The number of benzene rings is 2. The van der Waals surface area contributed by atoms with Crippen molar-refractivity contribution >= 4 is 33.3 Å².